The number of hydrogen-bond acceptors (Lipinski definition) is 2. The van der Waals surface area contributed by atoms with Gasteiger partial charge in [0.05, 0.1) is 0 Å². The van der Waals surface area contributed by atoms with Crippen molar-refractivity contribution in [3.63, 3.8) is 0 Å². The molecule has 0 aromatic heterocycles. The molecule has 4 bridgehead atoms. The second-order valence-electron chi connectivity index (χ2n) is 11.4. The topological polar surface area (TPSA) is 26.3 Å². The average molecular weight is 359 g/mol. The average Bonchev–Trinajstić information content (AvgIpc) is 3.35. The van der Waals surface area contributed by atoms with Crippen LogP contribution in [0.25, 0.3) is 0 Å². The van der Waals surface area contributed by atoms with E-state index in [4.69, 9.17) is 4.74 Å². The zero-order valence-corrected chi connectivity index (χ0v) is 17.3. The number of ether oxygens (including phenoxy) is 1. The first-order valence-corrected chi connectivity index (χ1v) is 11.6. The smallest absolute Gasteiger partial charge is 0.306 e. The lowest BCUT2D eigenvalue weighted by molar-refractivity contribution is -0.172. The largest absolute Gasteiger partial charge is 0.459 e. The lowest BCUT2D eigenvalue weighted by Gasteiger charge is -2.43. The van der Waals surface area contributed by atoms with Gasteiger partial charge in [-0.2, -0.15) is 0 Å². The summed E-state index contributed by atoms with van der Waals surface area (Å²) >= 11 is 0. The van der Waals surface area contributed by atoms with Crippen LogP contribution in [-0.4, -0.2) is 11.6 Å². The van der Waals surface area contributed by atoms with Crippen LogP contribution in [0.5, 0.6) is 0 Å². The van der Waals surface area contributed by atoms with E-state index in [1.54, 1.807) is 0 Å². The van der Waals surface area contributed by atoms with Gasteiger partial charge < -0.3 is 4.74 Å². The predicted molar refractivity (Wildman–Crippen MR) is 103 cm³/mol. The Morgan fingerprint density at radius 2 is 1.77 bits per heavy atom. The molecule has 2 nitrogen and oxygen atoms in total. The van der Waals surface area contributed by atoms with Crippen LogP contribution in [0.2, 0.25) is 0 Å². The van der Waals surface area contributed by atoms with Crippen LogP contribution in [0, 0.1) is 52.8 Å². The minimum absolute atomic E-state index is 0.103. The van der Waals surface area contributed by atoms with Gasteiger partial charge in [-0.25, -0.2) is 0 Å². The molecule has 5 aliphatic rings. The molecular formula is C24H38O2. The lowest BCUT2D eigenvalue weighted by atomic mass is 9.65. The molecule has 0 aromatic carbocycles. The number of esters is 1. The van der Waals surface area contributed by atoms with Gasteiger partial charge in [0.25, 0.3) is 0 Å². The van der Waals surface area contributed by atoms with E-state index in [1.165, 1.54) is 44.9 Å². The molecule has 5 saturated carbocycles. The summed E-state index contributed by atoms with van der Waals surface area (Å²) in [5, 5.41) is 0. The third kappa shape index (κ3) is 2.26. The second-order valence-corrected chi connectivity index (χ2v) is 11.4. The quantitative estimate of drug-likeness (QED) is 0.590. The first kappa shape index (κ1) is 17.6. The van der Waals surface area contributed by atoms with Gasteiger partial charge in [-0.05, 0) is 91.8 Å². The fraction of sp³-hybridized carbons (Fsp3) is 0.958. The molecule has 0 aromatic rings. The monoisotopic (exact) mass is 358 g/mol. The first-order chi connectivity index (χ1) is 12.4. The Kier molecular flexibility index (Phi) is 3.88. The normalized spacial score (nSPS) is 53.2. The highest BCUT2D eigenvalue weighted by Gasteiger charge is 2.62. The summed E-state index contributed by atoms with van der Waals surface area (Å²) in [7, 11) is 0. The molecule has 0 N–H and O–H groups in total. The number of hydrogen-bond donors (Lipinski definition) is 0. The minimum atomic E-state index is -0.103. The highest BCUT2D eigenvalue weighted by Crippen LogP contribution is 2.65. The second kappa shape index (κ2) is 5.74. The van der Waals surface area contributed by atoms with Crippen molar-refractivity contribution >= 4 is 5.97 Å². The van der Waals surface area contributed by atoms with Gasteiger partial charge in [-0.3, -0.25) is 4.79 Å². The van der Waals surface area contributed by atoms with Gasteiger partial charge in [0.2, 0.25) is 0 Å². The number of carbonyl (C=O) groups excluding carboxylic acids is 1. The van der Waals surface area contributed by atoms with E-state index in [2.05, 4.69) is 27.7 Å². The maximum Gasteiger partial charge on any atom is 0.306 e. The van der Waals surface area contributed by atoms with Gasteiger partial charge in [0.1, 0.15) is 5.60 Å². The summed E-state index contributed by atoms with van der Waals surface area (Å²) in [5.74, 6) is 6.44. The Balaban J connectivity index is 1.26. The fourth-order valence-corrected chi connectivity index (χ4v) is 8.95. The zero-order valence-electron chi connectivity index (χ0n) is 17.3. The number of carbonyl (C=O) groups is 1. The van der Waals surface area contributed by atoms with Gasteiger partial charge >= 0.3 is 5.97 Å². The van der Waals surface area contributed by atoms with Crippen molar-refractivity contribution in [1.29, 1.82) is 0 Å². The lowest BCUT2D eigenvalue weighted by Crippen LogP contribution is -2.45. The van der Waals surface area contributed by atoms with Crippen molar-refractivity contribution in [3.05, 3.63) is 0 Å². The first-order valence-electron chi connectivity index (χ1n) is 11.6. The van der Waals surface area contributed by atoms with E-state index in [0.717, 1.165) is 41.9 Å². The van der Waals surface area contributed by atoms with Crippen LogP contribution < -0.4 is 0 Å². The van der Waals surface area contributed by atoms with Crippen LogP contribution in [0.3, 0.4) is 0 Å². The molecule has 2 heteroatoms. The van der Waals surface area contributed by atoms with E-state index >= 15 is 0 Å². The van der Waals surface area contributed by atoms with E-state index in [0.29, 0.717) is 23.7 Å². The highest BCUT2D eigenvalue weighted by molar-refractivity contribution is 5.70. The van der Waals surface area contributed by atoms with Crippen molar-refractivity contribution in [2.24, 2.45) is 52.8 Å². The van der Waals surface area contributed by atoms with Crippen LogP contribution in [0.1, 0.15) is 85.5 Å². The Bertz CT molecular complexity index is 595. The summed E-state index contributed by atoms with van der Waals surface area (Å²) < 4.78 is 6.42. The molecule has 26 heavy (non-hydrogen) atoms. The van der Waals surface area contributed by atoms with E-state index in [1.807, 2.05) is 0 Å². The summed E-state index contributed by atoms with van der Waals surface area (Å²) in [6.07, 6.45) is 11.1. The van der Waals surface area contributed by atoms with Crippen molar-refractivity contribution in [2.45, 2.75) is 91.1 Å². The minimum Gasteiger partial charge on any atom is -0.459 e. The molecule has 5 fully saturated rings. The van der Waals surface area contributed by atoms with E-state index in [9.17, 15) is 4.79 Å². The molecule has 0 amide bonds. The molecular weight excluding hydrogens is 320 g/mol. The number of fused-ring (bicyclic) bond motifs is 7. The van der Waals surface area contributed by atoms with Gasteiger partial charge in [0.15, 0.2) is 0 Å². The van der Waals surface area contributed by atoms with Gasteiger partial charge in [-0.1, -0.05) is 34.1 Å². The summed E-state index contributed by atoms with van der Waals surface area (Å²) in [6.45, 7) is 9.56. The van der Waals surface area contributed by atoms with Crippen LogP contribution in [0.15, 0.2) is 0 Å². The van der Waals surface area contributed by atoms with Crippen LogP contribution in [-0.2, 0) is 9.53 Å². The maximum atomic E-state index is 13.0. The van der Waals surface area contributed by atoms with E-state index < -0.39 is 0 Å². The van der Waals surface area contributed by atoms with Crippen molar-refractivity contribution in [1.82, 2.24) is 0 Å². The summed E-state index contributed by atoms with van der Waals surface area (Å²) in [5.41, 5.74) is 0.299. The molecule has 9 unspecified atom stereocenters. The molecule has 5 aliphatic carbocycles. The molecule has 0 radical (unpaired) electrons. The SMILES string of the molecule is CCC1(OC(=O)CC2CC3CC2C(C)(C)C3C)CC2CC1C1CCCC21. The fourth-order valence-electron chi connectivity index (χ4n) is 8.95. The van der Waals surface area contributed by atoms with E-state index in [-0.39, 0.29) is 11.6 Å². The molecule has 0 saturated heterocycles. The molecule has 0 heterocycles. The predicted octanol–water partition coefficient (Wildman–Crippen LogP) is 5.84. The molecule has 146 valence electrons. The standard InChI is InChI=1S/C24H38O2/c1-5-24(13-17-11-21(24)19-8-6-7-18(17)19)26-22(25)12-16-9-15-10-20(16)23(3,4)14(15)2/h14-21H,5-13H2,1-4H3. The van der Waals surface area contributed by atoms with Crippen LogP contribution >= 0.6 is 0 Å². The third-order valence-corrected chi connectivity index (χ3v) is 10.5. The molecule has 0 spiro atoms. The summed E-state index contributed by atoms with van der Waals surface area (Å²) in [6, 6.07) is 0. The third-order valence-electron chi connectivity index (χ3n) is 10.5. The van der Waals surface area contributed by atoms with Crippen LogP contribution in [0.4, 0.5) is 0 Å². The maximum absolute atomic E-state index is 13.0. The summed E-state index contributed by atoms with van der Waals surface area (Å²) in [4.78, 5) is 13.0. The Hall–Kier alpha value is -0.530. The molecule has 0 aliphatic heterocycles. The zero-order chi connectivity index (χ0) is 18.3. The Morgan fingerprint density at radius 3 is 2.46 bits per heavy atom. The van der Waals surface area contributed by atoms with Gasteiger partial charge in [0, 0.05) is 12.3 Å². The Morgan fingerprint density at radius 1 is 1.04 bits per heavy atom. The van der Waals surface area contributed by atoms with Crippen molar-refractivity contribution < 1.29 is 9.53 Å². The molecule has 9 atom stereocenters. The molecule has 5 rings (SSSR count). The number of rotatable bonds is 4. The van der Waals surface area contributed by atoms with Crippen molar-refractivity contribution in [2.75, 3.05) is 0 Å². The highest BCUT2D eigenvalue weighted by atomic mass is 16.6. The van der Waals surface area contributed by atoms with Gasteiger partial charge in [-0.15, -0.1) is 0 Å². The van der Waals surface area contributed by atoms with Crippen molar-refractivity contribution in [3.8, 4) is 0 Å². The Labute approximate surface area is 159 Å².